The molecule has 2 aromatic rings. The first-order valence-electron chi connectivity index (χ1n) is 7.54. The minimum absolute atomic E-state index is 0.307. The lowest BCUT2D eigenvalue weighted by Crippen LogP contribution is -2.15. The number of hydrogen-bond acceptors (Lipinski definition) is 2. The van der Waals surface area contributed by atoms with Gasteiger partial charge in [-0.05, 0) is 65.8 Å². The Hall–Kier alpha value is -0.680. The second-order valence-corrected chi connectivity index (χ2v) is 7.43. The molecule has 4 rings (SSSR count). The Morgan fingerprint density at radius 3 is 2.71 bits per heavy atom. The van der Waals surface area contributed by atoms with Gasteiger partial charge < -0.3 is 0 Å². The molecule has 2 aliphatic carbocycles. The molecule has 0 saturated heterocycles. The van der Waals surface area contributed by atoms with Crippen LogP contribution in [0.3, 0.4) is 0 Å². The molecule has 108 valence electrons. The van der Waals surface area contributed by atoms with Crippen LogP contribution in [0.1, 0.15) is 60.2 Å². The number of nitrogens with zero attached hydrogens (tertiary/aromatic N) is 2. The molecule has 1 unspecified atom stereocenters. The van der Waals surface area contributed by atoms with E-state index in [4.69, 9.17) is 16.6 Å². The first-order chi connectivity index (χ1) is 10.2. The SMILES string of the molecule is Clc1nc(C2CCCc3ccccc32)nc(C2CC2)c1I. The smallest absolute Gasteiger partial charge is 0.146 e. The van der Waals surface area contributed by atoms with Crippen molar-refractivity contribution in [2.24, 2.45) is 0 Å². The molecular formula is C17H16ClIN2. The summed E-state index contributed by atoms with van der Waals surface area (Å²) in [6.45, 7) is 0. The van der Waals surface area contributed by atoms with Gasteiger partial charge in [0.05, 0.1) is 9.26 Å². The van der Waals surface area contributed by atoms with Crippen molar-refractivity contribution in [3.05, 3.63) is 55.6 Å². The molecule has 0 bridgehead atoms. The van der Waals surface area contributed by atoms with E-state index in [1.165, 1.54) is 42.5 Å². The summed E-state index contributed by atoms with van der Waals surface area (Å²) >= 11 is 8.67. The fourth-order valence-corrected chi connectivity index (χ4v) is 4.12. The highest BCUT2D eigenvalue weighted by molar-refractivity contribution is 14.1. The van der Waals surface area contributed by atoms with E-state index >= 15 is 0 Å². The predicted molar refractivity (Wildman–Crippen MR) is 93.0 cm³/mol. The molecule has 1 aromatic heterocycles. The van der Waals surface area contributed by atoms with Crippen LogP contribution in [0.25, 0.3) is 0 Å². The average molecular weight is 411 g/mol. The van der Waals surface area contributed by atoms with E-state index in [-0.39, 0.29) is 0 Å². The van der Waals surface area contributed by atoms with Crippen LogP contribution >= 0.6 is 34.2 Å². The Morgan fingerprint density at radius 2 is 1.90 bits per heavy atom. The van der Waals surface area contributed by atoms with Gasteiger partial charge in [-0.1, -0.05) is 35.9 Å². The number of rotatable bonds is 2. The second-order valence-electron chi connectivity index (χ2n) is 5.99. The molecule has 2 aliphatic rings. The maximum atomic E-state index is 6.38. The molecule has 0 amide bonds. The number of benzene rings is 1. The minimum Gasteiger partial charge on any atom is -0.236 e. The van der Waals surface area contributed by atoms with Gasteiger partial charge in [0, 0.05) is 11.8 Å². The van der Waals surface area contributed by atoms with E-state index in [0.717, 1.165) is 15.8 Å². The summed E-state index contributed by atoms with van der Waals surface area (Å²) in [6, 6.07) is 8.70. The van der Waals surface area contributed by atoms with Gasteiger partial charge in [-0.3, -0.25) is 0 Å². The van der Waals surface area contributed by atoms with Crippen molar-refractivity contribution < 1.29 is 0 Å². The van der Waals surface area contributed by atoms with Gasteiger partial charge in [0.25, 0.3) is 0 Å². The normalized spacial score (nSPS) is 21.1. The lowest BCUT2D eigenvalue weighted by atomic mass is 9.82. The lowest BCUT2D eigenvalue weighted by molar-refractivity contribution is 0.587. The lowest BCUT2D eigenvalue weighted by Gasteiger charge is -2.25. The number of hydrogen-bond donors (Lipinski definition) is 0. The van der Waals surface area contributed by atoms with Crippen LogP contribution in [0, 0.1) is 3.57 Å². The Bertz CT molecular complexity index is 697. The van der Waals surface area contributed by atoms with Crippen molar-refractivity contribution in [1.29, 1.82) is 0 Å². The van der Waals surface area contributed by atoms with Crippen LogP contribution in [-0.2, 0) is 6.42 Å². The van der Waals surface area contributed by atoms with E-state index in [2.05, 4.69) is 51.8 Å². The third kappa shape index (κ3) is 2.59. The summed E-state index contributed by atoms with van der Waals surface area (Å²) in [5.74, 6) is 1.84. The van der Waals surface area contributed by atoms with Gasteiger partial charge >= 0.3 is 0 Å². The topological polar surface area (TPSA) is 25.8 Å². The van der Waals surface area contributed by atoms with Crippen molar-refractivity contribution >= 4 is 34.2 Å². The first-order valence-corrected chi connectivity index (χ1v) is 9.00. The van der Waals surface area contributed by atoms with Crippen LogP contribution in [-0.4, -0.2) is 9.97 Å². The number of halogens is 2. The minimum atomic E-state index is 0.307. The highest BCUT2D eigenvalue weighted by Crippen LogP contribution is 2.43. The molecule has 0 spiro atoms. The van der Waals surface area contributed by atoms with Crippen molar-refractivity contribution in [3.63, 3.8) is 0 Å². The van der Waals surface area contributed by atoms with Crippen molar-refractivity contribution in [3.8, 4) is 0 Å². The quantitative estimate of drug-likeness (QED) is 0.510. The highest BCUT2D eigenvalue weighted by atomic mass is 127. The molecule has 1 saturated carbocycles. The van der Waals surface area contributed by atoms with Gasteiger partial charge in [0.1, 0.15) is 11.0 Å². The maximum absolute atomic E-state index is 6.38. The Balaban J connectivity index is 1.81. The van der Waals surface area contributed by atoms with Crippen LogP contribution in [0.2, 0.25) is 5.15 Å². The van der Waals surface area contributed by atoms with Crippen LogP contribution < -0.4 is 0 Å². The van der Waals surface area contributed by atoms with Gasteiger partial charge in [0.15, 0.2) is 0 Å². The van der Waals surface area contributed by atoms with E-state index in [1.54, 1.807) is 0 Å². The zero-order chi connectivity index (χ0) is 14.4. The van der Waals surface area contributed by atoms with E-state index in [9.17, 15) is 0 Å². The molecule has 1 atom stereocenters. The Morgan fingerprint density at radius 1 is 1.10 bits per heavy atom. The van der Waals surface area contributed by atoms with E-state index in [0.29, 0.717) is 17.0 Å². The summed E-state index contributed by atoms with van der Waals surface area (Å²) in [5.41, 5.74) is 4.01. The molecule has 1 fully saturated rings. The number of aryl methyl sites for hydroxylation is 1. The largest absolute Gasteiger partial charge is 0.236 e. The number of fused-ring (bicyclic) bond motifs is 1. The molecule has 0 radical (unpaired) electrons. The van der Waals surface area contributed by atoms with E-state index in [1.807, 2.05) is 0 Å². The number of aromatic nitrogens is 2. The summed E-state index contributed by atoms with van der Waals surface area (Å²) in [6.07, 6.45) is 5.97. The molecule has 21 heavy (non-hydrogen) atoms. The fraction of sp³-hybridized carbons (Fsp3) is 0.412. The second kappa shape index (κ2) is 5.51. The third-order valence-corrected chi connectivity index (χ3v) is 6.15. The molecule has 1 heterocycles. The van der Waals surface area contributed by atoms with Crippen molar-refractivity contribution in [2.45, 2.75) is 43.9 Å². The summed E-state index contributed by atoms with van der Waals surface area (Å²) in [5, 5.41) is 0.630. The molecule has 2 nitrogen and oxygen atoms in total. The zero-order valence-electron chi connectivity index (χ0n) is 11.6. The molecule has 4 heteroatoms. The van der Waals surface area contributed by atoms with Gasteiger partial charge in [-0.15, -0.1) is 0 Å². The first kappa shape index (κ1) is 13.9. The van der Waals surface area contributed by atoms with Crippen molar-refractivity contribution in [1.82, 2.24) is 9.97 Å². The fourth-order valence-electron chi connectivity index (χ4n) is 3.26. The Kier molecular flexibility index (Phi) is 3.66. The predicted octanol–water partition coefficient (Wildman–Crippen LogP) is 5.08. The molecule has 1 aromatic carbocycles. The van der Waals surface area contributed by atoms with Gasteiger partial charge in [-0.25, -0.2) is 9.97 Å². The maximum Gasteiger partial charge on any atom is 0.146 e. The van der Waals surface area contributed by atoms with Crippen LogP contribution in [0.15, 0.2) is 24.3 Å². The Labute approximate surface area is 143 Å². The summed E-state index contributed by atoms with van der Waals surface area (Å²) in [7, 11) is 0. The molecular weight excluding hydrogens is 395 g/mol. The van der Waals surface area contributed by atoms with Gasteiger partial charge in [-0.2, -0.15) is 0 Å². The standard InChI is InChI=1S/C17H16ClIN2/c18-16-14(19)15(11-8-9-11)20-17(21-16)13-7-3-5-10-4-1-2-6-12(10)13/h1-2,4,6,11,13H,3,5,7-9H2. The summed E-state index contributed by atoms with van der Waals surface area (Å²) < 4.78 is 1.05. The summed E-state index contributed by atoms with van der Waals surface area (Å²) in [4.78, 5) is 9.53. The monoisotopic (exact) mass is 410 g/mol. The molecule has 0 N–H and O–H groups in total. The zero-order valence-corrected chi connectivity index (χ0v) is 14.6. The molecule has 0 aliphatic heterocycles. The average Bonchev–Trinajstić information content (AvgIpc) is 3.34. The van der Waals surface area contributed by atoms with Gasteiger partial charge in [0.2, 0.25) is 0 Å². The third-order valence-electron chi connectivity index (χ3n) is 4.50. The van der Waals surface area contributed by atoms with Crippen molar-refractivity contribution in [2.75, 3.05) is 0 Å². The van der Waals surface area contributed by atoms with Crippen LogP contribution in [0.5, 0.6) is 0 Å². The van der Waals surface area contributed by atoms with Crippen LogP contribution in [0.4, 0.5) is 0 Å². The highest BCUT2D eigenvalue weighted by Gasteiger charge is 2.31. The van der Waals surface area contributed by atoms with E-state index < -0.39 is 0 Å².